The molecule has 0 N–H and O–H groups in total. The molecule has 0 saturated heterocycles. The Bertz CT molecular complexity index is 939. The van der Waals surface area contributed by atoms with Crippen molar-refractivity contribution in [2.75, 3.05) is 17.8 Å². The lowest BCUT2D eigenvalue weighted by molar-refractivity contribution is -0.119. The average Bonchev–Trinajstić information content (AvgIpc) is 2.91. The van der Waals surface area contributed by atoms with Crippen molar-refractivity contribution < 1.29 is 14.3 Å². The third kappa shape index (κ3) is 3.59. The zero-order valence-corrected chi connectivity index (χ0v) is 17.7. The van der Waals surface area contributed by atoms with Crippen LogP contribution in [0.4, 0.5) is 5.69 Å². The van der Waals surface area contributed by atoms with Gasteiger partial charge in [-0.2, -0.15) is 0 Å². The summed E-state index contributed by atoms with van der Waals surface area (Å²) in [7, 11) is 1.57. The molecular formula is C23H25NO3S. The molecule has 0 fully saturated rings. The van der Waals surface area contributed by atoms with Crippen molar-refractivity contribution in [3.63, 3.8) is 0 Å². The molecule has 0 aliphatic carbocycles. The quantitative estimate of drug-likeness (QED) is 0.666. The third-order valence-electron chi connectivity index (χ3n) is 4.70. The van der Waals surface area contributed by atoms with Crippen LogP contribution in [-0.2, 0) is 15.0 Å². The molecule has 0 radical (unpaired) electrons. The van der Waals surface area contributed by atoms with Gasteiger partial charge in [-0.15, -0.1) is 11.8 Å². The monoisotopic (exact) mass is 395 g/mol. The molecule has 3 rings (SSSR count). The maximum absolute atomic E-state index is 13.3. The van der Waals surface area contributed by atoms with Gasteiger partial charge in [0, 0.05) is 5.56 Å². The second-order valence-electron chi connectivity index (χ2n) is 7.58. The summed E-state index contributed by atoms with van der Waals surface area (Å²) in [5.41, 5.74) is 2.79. The summed E-state index contributed by atoms with van der Waals surface area (Å²) in [6.07, 6.45) is 0. The van der Waals surface area contributed by atoms with Crippen LogP contribution in [0.25, 0.3) is 5.57 Å². The van der Waals surface area contributed by atoms with E-state index in [2.05, 4.69) is 20.8 Å². The highest BCUT2D eigenvalue weighted by molar-refractivity contribution is 8.04. The van der Waals surface area contributed by atoms with Gasteiger partial charge in [0.2, 0.25) is 0 Å². The van der Waals surface area contributed by atoms with Gasteiger partial charge in [-0.1, -0.05) is 58.0 Å². The summed E-state index contributed by atoms with van der Waals surface area (Å²) in [4.78, 5) is 28.2. The standard InChI is InChI=1S/C23H25NO3S/c1-6-28-20-19(17-9-7-8-10-18(17)27-5)21(25)24(22(20)26)16-13-11-15(12-14-16)23(2,3)4/h7-14H,6H2,1-5H3. The van der Waals surface area contributed by atoms with Gasteiger partial charge in [-0.25, -0.2) is 4.90 Å². The molecule has 2 amide bonds. The van der Waals surface area contributed by atoms with Gasteiger partial charge in [0.25, 0.3) is 11.8 Å². The highest BCUT2D eigenvalue weighted by Crippen LogP contribution is 2.41. The first-order chi connectivity index (χ1) is 13.3. The van der Waals surface area contributed by atoms with E-state index >= 15 is 0 Å². The number of anilines is 1. The topological polar surface area (TPSA) is 46.6 Å². The Morgan fingerprint density at radius 1 is 0.964 bits per heavy atom. The Balaban J connectivity index is 2.07. The van der Waals surface area contributed by atoms with Crippen molar-refractivity contribution in [1.82, 2.24) is 0 Å². The average molecular weight is 396 g/mol. The van der Waals surface area contributed by atoms with E-state index in [1.54, 1.807) is 13.2 Å². The largest absolute Gasteiger partial charge is 0.496 e. The van der Waals surface area contributed by atoms with E-state index in [1.165, 1.54) is 16.7 Å². The molecule has 0 spiro atoms. The number of rotatable bonds is 5. The highest BCUT2D eigenvalue weighted by Gasteiger charge is 2.41. The number of para-hydroxylation sites is 1. The summed E-state index contributed by atoms with van der Waals surface area (Å²) < 4.78 is 5.44. The van der Waals surface area contributed by atoms with Gasteiger partial charge in [0.15, 0.2) is 0 Å². The van der Waals surface area contributed by atoms with Crippen LogP contribution in [-0.4, -0.2) is 24.7 Å². The van der Waals surface area contributed by atoms with E-state index in [0.29, 0.717) is 33.2 Å². The van der Waals surface area contributed by atoms with E-state index in [-0.39, 0.29) is 17.2 Å². The zero-order valence-electron chi connectivity index (χ0n) is 16.9. The van der Waals surface area contributed by atoms with Gasteiger partial charge >= 0.3 is 0 Å². The van der Waals surface area contributed by atoms with Crippen LogP contribution in [0.5, 0.6) is 5.75 Å². The fourth-order valence-corrected chi connectivity index (χ4v) is 4.07. The molecule has 1 aliphatic heterocycles. The molecule has 0 aromatic heterocycles. The Labute approximate surface area is 170 Å². The number of carbonyl (C=O) groups is 2. The van der Waals surface area contributed by atoms with E-state index in [4.69, 9.17) is 4.74 Å². The Hall–Kier alpha value is -2.53. The molecule has 4 nitrogen and oxygen atoms in total. The maximum atomic E-state index is 13.3. The lowest BCUT2D eigenvalue weighted by atomic mass is 9.87. The summed E-state index contributed by atoms with van der Waals surface area (Å²) in [5, 5.41) is 0. The summed E-state index contributed by atoms with van der Waals surface area (Å²) in [6, 6.07) is 15.0. The highest BCUT2D eigenvalue weighted by atomic mass is 32.2. The van der Waals surface area contributed by atoms with Crippen LogP contribution in [0.3, 0.4) is 0 Å². The molecule has 0 bridgehead atoms. The van der Waals surface area contributed by atoms with Crippen LogP contribution < -0.4 is 9.64 Å². The fraction of sp³-hybridized carbons (Fsp3) is 0.304. The van der Waals surface area contributed by atoms with Crippen LogP contribution in [0, 0.1) is 0 Å². The lowest BCUT2D eigenvalue weighted by Gasteiger charge is -2.21. The van der Waals surface area contributed by atoms with Gasteiger partial charge in [-0.3, -0.25) is 9.59 Å². The van der Waals surface area contributed by atoms with Gasteiger partial charge in [0.1, 0.15) is 5.75 Å². The molecule has 2 aromatic rings. The SMILES string of the molecule is CCSC1=C(c2ccccc2OC)C(=O)N(c2ccc(C(C)(C)C)cc2)C1=O. The number of hydrogen-bond acceptors (Lipinski definition) is 4. The predicted molar refractivity (Wildman–Crippen MR) is 116 cm³/mol. The Kier molecular flexibility index (Phi) is 5.66. The Morgan fingerprint density at radius 3 is 2.18 bits per heavy atom. The molecular weight excluding hydrogens is 370 g/mol. The minimum atomic E-state index is -0.311. The van der Waals surface area contributed by atoms with Crippen LogP contribution in [0.1, 0.15) is 38.8 Å². The smallest absolute Gasteiger partial charge is 0.272 e. The van der Waals surface area contributed by atoms with E-state index in [9.17, 15) is 9.59 Å². The summed E-state index contributed by atoms with van der Waals surface area (Å²) >= 11 is 1.39. The molecule has 146 valence electrons. The number of benzene rings is 2. The summed E-state index contributed by atoms with van der Waals surface area (Å²) in [6.45, 7) is 8.36. The van der Waals surface area contributed by atoms with Crippen molar-refractivity contribution in [1.29, 1.82) is 0 Å². The minimum Gasteiger partial charge on any atom is -0.496 e. The van der Waals surface area contributed by atoms with E-state index < -0.39 is 0 Å². The van der Waals surface area contributed by atoms with Crippen molar-refractivity contribution in [3.8, 4) is 5.75 Å². The number of imide groups is 1. The van der Waals surface area contributed by atoms with Gasteiger partial charge < -0.3 is 4.74 Å². The molecule has 0 saturated carbocycles. The van der Waals surface area contributed by atoms with Crippen molar-refractivity contribution in [2.45, 2.75) is 33.1 Å². The molecule has 5 heteroatoms. The van der Waals surface area contributed by atoms with Crippen molar-refractivity contribution in [3.05, 3.63) is 64.6 Å². The number of methoxy groups -OCH3 is 1. The number of nitrogens with zero attached hydrogens (tertiary/aromatic N) is 1. The van der Waals surface area contributed by atoms with E-state index in [0.717, 1.165) is 5.56 Å². The number of thioether (sulfide) groups is 1. The first-order valence-electron chi connectivity index (χ1n) is 9.29. The van der Waals surface area contributed by atoms with E-state index in [1.807, 2.05) is 49.4 Å². The lowest BCUT2D eigenvalue weighted by Crippen LogP contribution is -2.31. The minimum absolute atomic E-state index is 0.00158. The van der Waals surface area contributed by atoms with Crippen LogP contribution in [0.15, 0.2) is 53.4 Å². The first kappa shape index (κ1) is 20.2. The number of amides is 2. The number of hydrogen-bond donors (Lipinski definition) is 0. The molecule has 0 atom stereocenters. The fourth-order valence-electron chi connectivity index (χ4n) is 3.22. The molecule has 0 unspecified atom stereocenters. The molecule has 28 heavy (non-hydrogen) atoms. The zero-order chi connectivity index (χ0) is 20.5. The van der Waals surface area contributed by atoms with Gasteiger partial charge in [-0.05, 0) is 34.9 Å². The van der Waals surface area contributed by atoms with Gasteiger partial charge in [0.05, 0.1) is 23.3 Å². The maximum Gasteiger partial charge on any atom is 0.272 e. The number of ether oxygens (including phenoxy) is 1. The van der Waals surface area contributed by atoms with Crippen molar-refractivity contribution in [2.24, 2.45) is 0 Å². The molecule has 1 heterocycles. The molecule has 2 aromatic carbocycles. The third-order valence-corrected chi connectivity index (χ3v) is 5.65. The van der Waals surface area contributed by atoms with Crippen LogP contribution in [0.2, 0.25) is 0 Å². The second kappa shape index (κ2) is 7.84. The number of carbonyl (C=O) groups excluding carboxylic acids is 2. The molecule has 1 aliphatic rings. The second-order valence-corrected chi connectivity index (χ2v) is 8.85. The normalized spacial score (nSPS) is 14.8. The predicted octanol–water partition coefficient (Wildman–Crippen LogP) is 5.03. The first-order valence-corrected chi connectivity index (χ1v) is 10.3. The summed E-state index contributed by atoms with van der Waals surface area (Å²) in [5.74, 6) is 0.692. The van der Waals surface area contributed by atoms with Crippen molar-refractivity contribution >= 4 is 34.8 Å². The van der Waals surface area contributed by atoms with Crippen LogP contribution >= 0.6 is 11.8 Å². The Morgan fingerprint density at radius 2 is 1.61 bits per heavy atom.